The molecule has 3 rings (SSSR count). The number of ether oxygens (including phenoxy) is 1. The number of aromatic amines is 2. The monoisotopic (exact) mass is 476 g/mol. The van der Waals surface area contributed by atoms with E-state index in [-0.39, 0.29) is 21.4 Å². The Balaban J connectivity index is 2.25. The third-order valence-electron chi connectivity index (χ3n) is 4.49. The molecule has 0 atom stereocenters. The van der Waals surface area contributed by atoms with Crippen LogP contribution >= 0.6 is 23.5 Å². The average Bonchev–Trinajstić information content (AvgIpc) is 2.73. The van der Waals surface area contributed by atoms with E-state index in [1.54, 1.807) is 24.3 Å². The van der Waals surface area contributed by atoms with Crippen LogP contribution in [-0.4, -0.2) is 48.3 Å². The molecule has 0 aliphatic heterocycles. The van der Waals surface area contributed by atoms with Gasteiger partial charge in [-0.3, -0.25) is 9.59 Å². The lowest BCUT2D eigenvalue weighted by atomic mass is 9.87. The van der Waals surface area contributed by atoms with Crippen molar-refractivity contribution in [3.63, 3.8) is 0 Å². The molecule has 3 aromatic rings. The molecular formula is C21H24N4O5S2. The molecular weight excluding hydrogens is 452 g/mol. The molecule has 0 aliphatic rings. The summed E-state index contributed by atoms with van der Waals surface area (Å²) in [6.45, 7) is 6.11. The Morgan fingerprint density at radius 1 is 0.875 bits per heavy atom. The third-order valence-corrected chi connectivity index (χ3v) is 6.00. The highest BCUT2D eigenvalue weighted by Crippen LogP contribution is 2.37. The quantitative estimate of drug-likeness (QED) is 0.271. The van der Waals surface area contributed by atoms with Gasteiger partial charge in [0.25, 0.3) is 11.1 Å². The number of benzene rings is 1. The van der Waals surface area contributed by atoms with Gasteiger partial charge in [-0.1, -0.05) is 49.5 Å². The van der Waals surface area contributed by atoms with E-state index in [2.05, 4.69) is 19.9 Å². The van der Waals surface area contributed by atoms with Gasteiger partial charge < -0.3 is 24.9 Å². The summed E-state index contributed by atoms with van der Waals surface area (Å²) in [4.78, 5) is 39.4. The minimum absolute atomic E-state index is 0.159. The second kappa shape index (κ2) is 10.6. The Morgan fingerprint density at radius 3 is 1.72 bits per heavy atom. The molecule has 0 unspecified atom stereocenters. The van der Waals surface area contributed by atoms with Gasteiger partial charge in [0.1, 0.15) is 5.75 Å². The summed E-state index contributed by atoms with van der Waals surface area (Å²) in [6, 6.07) is 6.70. The Labute approximate surface area is 192 Å². The number of thioether (sulfide) groups is 2. The molecule has 11 heteroatoms. The highest BCUT2D eigenvalue weighted by atomic mass is 32.2. The normalized spacial score (nSPS) is 11.1. The molecule has 0 aliphatic carbocycles. The number of nitrogens with zero attached hydrogens (tertiary/aromatic N) is 2. The molecule has 4 N–H and O–H groups in total. The lowest BCUT2D eigenvalue weighted by molar-refractivity contribution is 0.340. The molecule has 0 saturated carbocycles. The number of aromatic nitrogens is 4. The fraction of sp³-hybridized carbons (Fsp3) is 0.333. The molecule has 9 nitrogen and oxygen atoms in total. The van der Waals surface area contributed by atoms with Crippen LogP contribution in [0.2, 0.25) is 0 Å². The van der Waals surface area contributed by atoms with Gasteiger partial charge in [-0.15, -0.1) is 0 Å². The summed E-state index contributed by atoms with van der Waals surface area (Å²) in [6.07, 6.45) is 0. The number of nitrogens with one attached hydrogen (secondary N) is 2. The van der Waals surface area contributed by atoms with Crippen LogP contribution in [0.25, 0.3) is 0 Å². The summed E-state index contributed by atoms with van der Waals surface area (Å²) in [5.41, 5.74) is -1.07. The maximum absolute atomic E-state index is 13.0. The van der Waals surface area contributed by atoms with E-state index in [9.17, 15) is 19.8 Å². The number of hydrogen-bond acceptors (Lipinski definition) is 9. The minimum Gasteiger partial charge on any atom is -0.494 e. The van der Waals surface area contributed by atoms with Crippen molar-refractivity contribution in [3.8, 4) is 17.5 Å². The average molecular weight is 477 g/mol. The summed E-state index contributed by atoms with van der Waals surface area (Å²) < 4.78 is 5.47. The number of H-pyrrole nitrogens is 2. The predicted molar refractivity (Wildman–Crippen MR) is 124 cm³/mol. The Bertz CT molecular complexity index is 1120. The van der Waals surface area contributed by atoms with Crippen LogP contribution in [-0.2, 0) is 0 Å². The number of rotatable bonds is 9. The zero-order chi connectivity index (χ0) is 23.3. The standard InChI is InChI=1S/C21H24N4O5S2/c1-4-30-12-9-7-11(8-10-12)13(14-16(26)22-20(31-5-2)23-17(14)27)15-18(28)24-21(32-6-3)25-19(15)29/h7-10,13H,4-6H2,1-3H3,(H2,22,23,26,27)(H2,24,25,28,29). The van der Waals surface area contributed by atoms with Crippen LogP contribution in [0.5, 0.6) is 17.5 Å². The van der Waals surface area contributed by atoms with Gasteiger partial charge in [-0.2, -0.15) is 9.97 Å². The van der Waals surface area contributed by atoms with Gasteiger partial charge >= 0.3 is 0 Å². The van der Waals surface area contributed by atoms with Gasteiger partial charge in [0.2, 0.25) is 11.8 Å². The Kier molecular flexibility index (Phi) is 7.86. The summed E-state index contributed by atoms with van der Waals surface area (Å²) in [5.74, 6) is -0.258. The van der Waals surface area contributed by atoms with Gasteiger partial charge in [0.05, 0.1) is 23.7 Å². The molecule has 0 spiro atoms. The van der Waals surface area contributed by atoms with Crippen LogP contribution in [0.15, 0.2) is 44.2 Å². The SMILES string of the molecule is CCOc1ccc(C(c2c(O)nc(SCC)[nH]c2=O)c2c(O)nc(SCC)[nH]c2=O)cc1. The van der Waals surface area contributed by atoms with Crippen LogP contribution in [0, 0.1) is 0 Å². The first-order valence-electron chi connectivity index (χ1n) is 10.0. The lowest BCUT2D eigenvalue weighted by Gasteiger charge is -2.19. The Morgan fingerprint density at radius 2 is 1.34 bits per heavy atom. The zero-order valence-electron chi connectivity index (χ0n) is 17.8. The molecule has 2 heterocycles. The fourth-order valence-corrected chi connectivity index (χ4v) is 4.41. The molecule has 32 heavy (non-hydrogen) atoms. The summed E-state index contributed by atoms with van der Waals surface area (Å²) >= 11 is 2.52. The van der Waals surface area contributed by atoms with E-state index in [4.69, 9.17) is 4.74 Å². The first kappa shape index (κ1) is 23.7. The highest BCUT2D eigenvalue weighted by Gasteiger charge is 2.31. The van der Waals surface area contributed by atoms with Crippen molar-refractivity contribution in [2.24, 2.45) is 0 Å². The van der Waals surface area contributed by atoms with Gasteiger partial charge in [-0.25, -0.2) is 0 Å². The number of aromatic hydroxyl groups is 2. The molecule has 0 saturated heterocycles. The number of hydrogen-bond donors (Lipinski definition) is 4. The zero-order valence-corrected chi connectivity index (χ0v) is 19.5. The molecule has 1 aromatic carbocycles. The van der Waals surface area contributed by atoms with Crippen molar-refractivity contribution in [1.82, 2.24) is 19.9 Å². The van der Waals surface area contributed by atoms with Gasteiger partial charge in [0.15, 0.2) is 10.3 Å². The van der Waals surface area contributed by atoms with Crippen LogP contribution < -0.4 is 15.9 Å². The smallest absolute Gasteiger partial charge is 0.259 e. The van der Waals surface area contributed by atoms with Crippen molar-refractivity contribution in [1.29, 1.82) is 0 Å². The Hall–Kier alpha value is -2.92. The lowest BCUT2D eigenvalue weighted by Crippen LogP contribution is -2.26. The predicted octanol–water partition coefficient (Wildman–Crippen LogP) is 3.07. The summed E-state index contributed by atoms with van der Waals surface area (Å²) in [5, 5.41) is 21.8. The topological polar surface area (TPSA) is 141 Å². The highest BCUT2D eigenvalue weighted by molar-refractivity contribution is 7.99. The first-order valence-corrected chi connectivity index (χ1v) is 12.0. The molecule has 0 amide bonds. The van der Waals surface area contributed by atoms with Crippen molar-refractivity contribution >= 4 is 23.5 Å². The van der Waals surface area contributed by atoms with Crippen molar-refractivity contribution in [2.45, 2.75) is 37.0 Å². The van der Waals surface area contributed by atoms with Gasteiger partial charge in [-0.05, 0) is 36.1 Å². The molecule has 0 radical (unpaired) electrons. The largest absolute Gasteiger partial charge is 0.494 e. The van der Waals surface area contributed by atoms with E-state index in [0.717, 1.165) is 0 Å². The van der Waals surface area contributed by atoms with E-state index >= 15 is 0 Å². The van der Waals surface area contributed by atoms with Crippen LogP contribution in [0.1, 0.15) is 43.4 Å². The second-order valence-corrected chi connectivity index (χ2v) is 9.02. The third kappa shape index (κ3) is 5.10. The molecule has 0 fully saturated rings. The van der Waals surface area contributed by atoms with E-state index in [1.807, 2.05) is 20.8 Å². The van der Waals surface area contributed by atoms with Crippen molar-refractivity contribution < 1.29 is 14.9 Å². The van der Waals surface area contributed by atoms with E-state index in [1.165, 1.54) is 23.5 Å². The van der Waals surface area contributed by atoms with E-state index in [0.29, 0.717) is 29.4 Å². The van der Waals surface area contributed by atoms with Crippen LogP contribution in [0.3, 0.4) is 0 Å². The molecule has 2 aromatic heterocycles. The first-order chi connectivity index (χ1) is 15.4. The van der Waals surface area contributed by atoms with Crippen molar-refractivity contribution in [3.05, 3.63) is 61.7 Å². The maximum Gasteiger partial charge on any atom is 0.259 e. The summed E-state index contributed by atoms with van der Waals surface area (Å²) in [7, 11) is 0. The molecule has 0 bridgehead atoms. The molecule has 170 valence electrons. The van der Waals surface area contributed by atoms with Gasteiger partial charge in [0, 0.05) is 0 Å². The maximum atomic E-state index is 13.0. The van der Waals surface area contributed by atoms with E-state index < -0.39 is 28.8 Å². The minimum atomic E-state index is -1.11. The fourth-order valence-electron chi connectivity index (χ4n) is 3.23. The van der Waals surface area contributed by atoms with Crippen LogP contribution in [0.4, 0.5) is 0 Å². The second-order valence-electron chi connectivity index (χ2n) is 6.52. The van der Waals surface area contributed by atoms with Crippen molar-refractivity contribution in [2.75, 3.05) is 18.1 Å².